The largest absolute Gasteiger partial charge is 0.444 e. The van der Waals surface area contributed by atoms with E-state index in [0.29, 0.717) is 47.9 Å². The average Bonchev–Trinajstić information content (AvgIpc) is 3.38. The van der Waals surface area contributed by atoms with Gasteiger partial charge < -0.3 is 19.7 Å². The Hall–Kier alpha value is -4.67. The van der Waals surface area contributed by atoms with Crippen molar-refractivity contribution in [1.82, 2.24) is 19.5 Å². The van der Waals surface area contributed by atoms with Crippen molar-refractivity contribution >= 4 is 40.8 Å². The number of hydrogen-bond donors (Lipinski definition) is 1. The summed E-state index contributed by atoms with van der Waals surface area (Å²) in [7, 11) is 0. The predicted octanol–water partition coefficient (Wildman–Crippen LogP) is 7.33. The number of fused-ring (bicyclic) bond motifs is 1. The molecule has 0 saturated heterocycles. The molecular weight excluding hydrogens is 584 g/mol. The lowest BCUT2D eigenvalue weighted by molar-refractivity contribution is -0.112. The molecule has 0 bridgehead atoms. The van der Waals surface area contributed by atoms with Crippen molar-refractivity contribution in [2.75, 3.05) is 23.3 Å². The number of nitrogens with one attached hydrogen (secondary N) is 1. The van der Waals surface area contributed by atoms with Crippen LogP contribution >= 0.6 is 0 Å². The lowest BCUT2D eigenvalue weighted by atomic mass is 10.0. The van der Waals surface area contributed by atoms with Crippen LogP contribution in [0.5, 0.6) is 0 Å². The summed E-state index contributed by atoms with van der Waals surface area (Å²) >= 11 is 0. The van der Waals surface area contributed by atoms with Gasteiger partial charge in [-0.15, -0.1) is 0 Å². The van der Waals surface area contributed by atoms with E-state index in [1.165, 1.54) is 4.90 Å². The van der Waals surface area contributed by atoms with Gasteiger partial charge in [0.05, 0.1) is 18.4 Å². The van der Waals surface area contributed by atoms with Gasteiger partial charge in [0.25, 0.3) is 5.91 Å². The summed E-state index contributed by atoms with van der Waals surface area (Å²) < 4.78 is 13.1. The molecule has 1 aliphatic rings. The Bertz CT molecular complexity index is 1670. The standard InChI is InChI=1S/C35H46N6O5/c1-22(2)27-20-36-41-29(19-28(38-30(27)41)25-14-16-39(17-15-25)32(43)45-34(5,6)7)40(33(44)46-35(8,9)10)21-24-12-11-13-26(18-24)37-31(42)23(3)4/h11-14,18-20,22H,3,15-17,21H2,1-2,4-10H3,(H,37,42). The van der Waals surface area contributed by atoms with Gasteiger partial charge in [0.15, 0.2) is 5.65 Å². The molecule has 0 fully saturated rings. The number of amides is 3. The summed E-state index contributed by atoms with van der Waals surface area (Å²) in [6.07, 6.45) is 3.40. The minimum Gasteiger partial charge on any atom is -0.444 e. The van der Waals surface area contributed by atoms with Gasteiger partial charge in [0, 0.05) is 36.0 Å². The first kappa shape index (κ1) is 34.2. The van der Waals surface area contributed by atoms with Crippen LogP contribution in [0.1, 0.15) is 91.5 Å². The Morgan fingerprint density at radius 2 is 1.76 bits per heavy atom. The quantitative estimate of drug-likeness (QED) is 0.272. The molecule has 3 heterocycles. The fraction of sp³-hybridized carbons (Fsp3) is 0.457. The van der Waals surface area contributed by atoms with Crippen molar-refractivity contribution < 1.29 is 23.9 Å². The van der Waals surface area contributed by atoms with Crippen molar-refractivity contribution in [3.05, 3.63) is 71.6 Å². The summed E-state index contributed by atoms with van der Waals surface area (Å²) in [6.45, 7) is 21.5. The van der Waals surface area contributed by atoms with Crippen LogP contribution in [0, 0.1) is 0 Å². The number of hydrogen-bond acceptors (Lipinski definition) is 7. The molecule has 11 nitrogen and oxygen atoms in total. The highest BCUT2D eigenvalue weighted by Gasteiger charge is 2.29. The van der Waals surface area contributed by atoms with Crippen molar-refractivity contribution in [2.45, 2.75) is 92.4 Å². The van der Waals surface area contributed by atoms with E-state index in [0.717, 1.165) is 16.7 Å². The van der Waals surface area contributed by atoms with E-state index in [4.69, 9.17) is 14.5 Å². The number of carbonyl (C=O) groups is 3. The molecule has 0 unspecified atom stereocenters. The molecule has 1 N–H and O–H groups in total. The van der Waals surface area contributed by atoms with Gasteiger partial charge in [-0.1, -0.05) is 38.6 Å². The molecule has 246 valence electrons. The maximum absolute atomic E-state index is 13.9. The number of ether oxygens (including phenoxy) is 2. The first-order valence-electron chi connectivity index (χ1n) is 15.5. The molecule has 1 aromatic carbocycles. The normalized spacial score (nSPS) is 13.8. The van der Waals surface area contributed by atoms with Crippen molar-refractivity contribution in [3.8, 4) is 0 Å². The third-order valence-electron chi connectivity index (χ3n) is 7.10. The minimum atomic E-state index is -0.758. The Balaban J connectivity index is 1.79. The Labute approximate surface area is 271 Å². The third-order valence-corrected chi connectivity index (χ3v) is 7.10. The molecule has 0 spiro atoms. The van der Waals surface area contributed by atoms with Crippen LogP contribution in [0.15, 0.2) is 54.8 Å². The van der Waals surface area contributed by atoms with Crippen LogP contribution in [0.3, 0.4) is 0 Å². The summed E-state index contributed by atoms with van der Waals surface area (Å²) in [5.74, 6) is 0.318. The second-order valence-corrected chi connectivity index (χ2v) is 13.9. The second-order valence-electron chi connectivity index (χ2n) is 13.9. The maximum atomic E-state index is 13.9. The van der Waals surface area contributed by atoms with Crippen LogP contribution in [-0.4, -0.2) is 61.9 Å². The van der Waals surface area contributed by atoms with Gasteiger partial charge in [-0.25, -0.2) is 14.6 Å². The lowest BCUT2D eigenvalue weighted by Gasteiger charge is -2.30. The molecule has 0 aliphatic carbocycles. The van der Waals surface area contributed by atoms with Gasteiger partial charge in [0.2, 0.25) is 0 Å². The molecule has 3 amide bonds. The molecule has 0 atom stereocenters. The van der Waals surface area contributed by atoms with Crippen LogP contribution in [0.2, 0.25) is 0 Å². The molecule has 0 radical (unpaired) electrons. The highest BCUT2D eigenvalue weighted by molar-refractivity contribution is 6.02. The van der Waals surface area contributed by atoms with Crippen LogP contribution in [0.25, 0.3) is 11.2 Å². The smallest absolute Gasteiger partial charge is 0.416 e. The van der Waals surface area contributed by atoms with Gasteiger partial charge in [-0.2, -0.15) is 9.61 Å². The van der Waals surface area contributed by atoms with Crippen molar-refractivity contribution in [3.63, 3.8) is 0 Å². The van der Waals surface area contributed by atoms with E-state index in [2.05, 4.69) is 30.8 Å². The summed E-state index contributed by atoms with van der Waals surface area (Å²) in [4.78, 5) is 47.1. The second kappa shape index (κ2) is 13.4. The molecule has 2 aromatic heterocycles. The zero-order valence-corrected chi connectivity index (χ0v) is 28.4. The zero-order valence-electron chi connectivity index (χ0n) is 28.4. The van der Waals surface area contributed by atoms with Crippen molar-refractivity contribution in [2.24, 2.45) is 0 Å². The van der Waals surface area contributed by atoms with Crippen LogP contribution in [0.4, 0.5) is 21.1 Å². The number of nitrogens with zero attached hydrogens (tertiary/aromatic N) is 5. The lowest BCUT2D eigenvalue weighted by Crippen LogP contribution is -2.39. The first-order valence-corrected chi connectivity index (χ1v) is 15.5. The molecule has 46 heavy (non-hydrogen) atoms. The van der Waals surface area contributed by atoms with Gasteiger partial charge in [0.1, 0.15) is 17.0 Å². The predicted molar refractivity (Wildman–Crippen MR) is 180 cm³/mol. The van der Waals surface area contributed by atoms with E-state index in [9.17, 15) is 14.4 Å². The molecule has 4 rings (SSSR count). The molecular formula is C35H46N6O5. The number of benzene rings is 1. The topological polar surface area (TPSA) is 118 Å². The molecule has 3 aromatic rings. The number of rotatable bonds is 7. The highest BCUT2D eigenvalue weighted by Crippen LogP contribution is 2.31. The Morgan fingerprint density at radius 1 is 1.07 bits per heavy atom. The summed E-state index contributed by atoms with van der Waals surface area (Å²) in [5, 5.41) is 7.50. The summed E-state index contributed by atoms with van der Waals surface area (Å²) in [6, 6.07) is 9.14. The third kappa shape index (κ3) is 8.52. The van der Waals surface area contributed by atoms with Crippen LogP contribution < -0.4 is 10.2 Å². The van der Waals surface area contributed by atoms with Gasteiger partial charge in [-0.3, -0.25) is 9.69 Å². The monoisotopic (exact) mass is 630 g/mol. The van der Waals surface area contributed by atoms with E-state index in [1.807, 2.05) is 71.9 Å². The first-order chi connectivity index (χ1) is 21.4. The average molecular weight is 631 g/mol. The fourth-order valence-electron chi connectivity index (χ4n) is 4.85. The SMILES string of the molecule is C=C(C)C(=O)Nc1cccc(CN(C(=O)OC(C)(C)C)c2cc(C3=CCN(C(=O)OC(C)(C)C)CC3)nc3c(C(C)C)cnn23)c1. The zero-order chi connectivity index (χ0) is 34.0. The Morgan fingerprint density at radius 3 is 2.35 bits per heavy atom. The fourth-order valence-corrected chi connectivity index (χ4v) is 4.85. The summed E-state index contributed by atoms with van der Waals surface area (Å²) in [5.41, 5.74) is 3.59. The van der Waals surface area contributed by atoms with E-state index in [-0.39, 0.29) is 24.5 Å². The van der Waals surface area contributed by atoms with Gasteiger partial charge in [-0.05, 0) is 84.1 Å². The molecule has 11 heteroatoms. The Kier molecular flexibility index (Phi) is 9.94. The van der Waals surface area contributed by atoms with Crippen LogP contribution in [-0.2, 0) is 20.8 Å². The molecule has 1 aliphatic heterocycles. The maximum Gasteiger partial charge on any atom is 0.416 e. The van der Waals surface area contributed by atoms with Gasteiger partial charge >= 0.3 is 12.2 Å². The minimum absolute atomic E-state index is 0.125. The van der Waals surface area contributed by atoms with Crippen molar-refractivity contribution in [1.29, 1.82) is 0 Å². The van der Waals surface area contributed by atoms with E-state index < -0.39 is 17.3 Å². The van der Waals surface area contributed by atoms with E-state index in [1.54, 1.807) is 28.6 Å². The molecule has 0 saturated carbocycles. The number of anilines is 2. The number of carbonyl (C=O) groups excluding carboxylic acids is 3. The number of aromatic nitrogens is 3. The highest BCUT2D eigenvalue weighted by atomic mass is 16.6. The van der Waals surface area contributed by atoms with E-state index >= 15 is 0 Å².